The van der Waals surface area contributed by atoms with E-state index in [1.54, 1.807) is 24.3 Å². The van der Waals surface area contributed by atoms with E-state index in [1.807, 2.05) is 0 Å². The molecule has 1 rings (SSSR count). The van der Waals surface area contributed by atoms with Gasteiger partial charge in [0.15, 0.2) is 0 Å². The van der Waals surface area contributed by atoms with Crippen LogP contribution in [0.1, 0.15) is 5.56 Å². The molecule has 0 aliphatic heterocycles. The van der Waals surface area contributed by atoms with E-state index in [0.29, 0.717) is 15.6 Å². The molecule has 3 nitrogen and oxygen atoms in total. The minimum Gasteiger partial charge on any atom is -0.465 e. The zero-order valence-corrected chi connectivity index (χ0v) is 9.84. The van der Waals surface area contributed by atoms with Gasteiger partial charge in [-0.2, -0.15) is 5.26 Å². The van der Waals surface area contributed by atoms with Crippen molar-refractivity contribution in [2.24, 2.45) is 0 Å². The molecule has 0 fully saturated rings. The highest BCUT2D eigenvalue weighted by Crippen LogP contribution is 2.27. The summed E-state index contributed by atoms with van der Waals surface area (Å²) in [4.78, 5) is 11.2. The maximum Gasteiger partial charge on any atom is 0.348 e. The molecule has 1 aromatic rings. The Balaban J connectivity index is 3.20. The van der Waals surface area contributed by atoms with Crippen LogP contribution < -0.4 is 0 Å². The summed E-state index contributed by atoms with van der Waals surface area (Å²) < 4.78 is 4.44. The van der Waals surface area contributed by atoms with Crippen LogP contribution >= 0.6 is 23.2 Å². The predicted molar refractivity (Wildman–Crippen MR) is 62.1 cm³/mol. The third-order valence-electron chi connectivity index (χ3n) is 1.81. The molecule has 0 aliphatic rings. The molecule has 0 radical (unpaired) electrons. The number of hydrogen-bond acceptors (Lipinski definition) is 3. The molecule has 0 spiro atoms. The first kappa shape index (κ1) is 12.6. The van der Waals surface area contributed by atoms with Crippen molar-refractivity contribution in [3.05, 3.63) is 39.4 Å². The van der Waals surface area contributed by atoms with Crippen molar-refractivity contribution in [1.29, 1.82) is 5.26 Å². The number of halogens is 2. The van der Waals surface area contributed by atoms with Crippen LogP contribution in [0, 0.1) is 11.3 Å². The topological polar surface area (TPSA) is 50.1 Å². The molecule has 0 saturated heterocycles. The summed E-state index contributed by atoms with van der Waals surface area (Å²) in [7, 11) is 1.20. The Hall–Kier alpha value is -1.50. The van der Waals surface area contributed by atoms with E-state index in [9.17, 15) is 4.79 Å². The quantitative estimate of drug-likeness (QED) is 0.464. The number of carbonyl (C=O) groups excluding carboxylic acids is 1. The van der Waals surface area contributed by atoms with Crippen molar-refractivity contribution in [3.63, 3.8) is 0 Å². The fraction of sp³-hybridized carbons (Fsp3) is 0.0909. The average molecular weight is 256 g/mol. The van der Waals surface area contributed by atoms with Crippen LogP contribution in [-0.4, -0.2) is 13.1 Å². The van der Waals surface area contributed by atoms with Gasteiger partial charge in [0.25, 0.3) is 0 Å². The molecule has 0 unspecified atom stereocenters. The number of methoxy groups -OCH3 is 1. The molecule has 0 heterocycles. The summed E-state index contributed by atoms with van der Waals surface area (Å²) in [6.07, 6.45) is 1.33. The van der Waals surface area contributed by atoms with Gasteiger partial charge in [0.05, 0.1) is 17.2 Å². The number of ether oxygens (including phenoxy) is 1. The zero-order valence-electron chi connectivity index (χ0n) is 8.33. The van der Waals surface area contributed by atoms with Crippen molar-refractivity contribution >= 4 is 35.2 Å². The Morgan fingerprint density at radius 3 is 2.75 bits per heavy atom. The highest BCUT2D eigenvalue weighted by molar-refractivity contribution is 6.42. The maximum atomic E-state index is 11.2. The molecule has 0 N–H and O–H groups in total. The number of esters is 1. The lowest BCUT2D eigenvalue weighted by molar-refractivity contribution is -0.135. The lowest BCUT2D eigenvalue weighted by Crippen LogP contribution is -2.02. The smallest absolute Gasteiger partial charge is 0.348 e. The van der Waals surface area contributed by atoms with E-state index in [1.165, 1.54) is 13.2 Å². The van der Waals surface area contributed by atoms with Gasteiger partial charge in [-0.05, 0) is 17.7 Å². The third kappa shape index (κ3) is 2.75. The van der Waals surface area contributed by atoms with Crippen LogP contribution in [-0.2, 0) is 9.53 Å². The summed E-state index contributed by atoms with van der Waals surface area (Å²) in [5.41, 5.74) is 0.364. The fourth-order valence-corrected chi connectivity index (χ4v) is 1.40. The van der Waals surface area contributed by atoms with Gasteiger partial charge in [-0.25, -0.2) is 4.79 Å². The highest BCUT2D eigenvalue weighted by Gasteiger charge is 2.10. The van der Waals surface area contributed by atoms with Crippen LogP contribution in [0.3, 0.4) is 0 Å². The Morgan fingerprint density at radius 1 is 1.50 bits per heavy atom. The molecule has 0 amide bonds. The lowest BCUT2D eigenvalue weighted by Gasteiger charge is -2.01. The summed E-state index contributed by atoms with van der Waals surface area (Å²) in [6.45, 7) is 0. The summed E-state index contributed by atoms with van der Waals surface area (Å²) >= 11 is 11.7. The second-order valence-electron chi connectivity index (χ2n) is 2.80. The minimum absolute atomic E-state index is 0.133. The minimum atomic E-state index is -0.710. The van der Waals surface area contributed by atoms with Crippen LogP contribution in [0.4, 0.5) is 0 Å². The number of benzene rings is 1. The van der Waals surface area contributed by atoms with E-state index >= 15 is 0 Å². The molecule has 1 aromatic carbocycles. The Bertz CT molecular complexity index is 489. The first-order valence-corrected chi connectivity index (χ1v) is 5.00. The van der Waals surface area contributed by atoms with Crippen molar-refractivity contribution in [2.45, 2.75) is 0 Å². The first-order valence-electron chi connectivity index (χ1n) is 4.24. The lowest BCUT2D eigenvalue weighted by atomic mass is 10.1. The molecule has 5 heteroatoms. The SMILES string of the molecule is COC(=O)/C(C#N)=C/c1cccc(Cl)c1Cl. The monoisotopic (exact) mass is 255 g/mol. The fourth-order valence-electron chi connectivity index (χ4n) is 1.03. The molecular weight excluding hydrogens is 249 g/mol. The van der Waals surface area contributed by atoms with Gasteiger partial charge in [-0.3, -0.25) is 0 Å². The number of carbonyl (C=O) groups is 1. The van der Waals surface area contributed by atoms with Gasteiger partial charge in [0.1, 0.15) is 11.6 Å². The van der Waals surface area contributed by atoms with Crippen molar-refractivity contribution < 1.29 is 9.53 Å². The van der Waals surface area contributed by atoms with Crippen molar-refractivity contribution in [1.82, 2.24) is 0 Å². The van der Waals surface area contributed by atoms with Crippen LogP contribution in [0.15, 0.2) is 23.8 Å². The summed E-state index contributed by atoms with van der Waals surface area (Å²) in [6, 6.07) is 6.67. The second-order valence-corrected chi connectivity index (χ2v) is 3.59. The van der Waals surface area contributed by atoms with E-state index in [0.717, 1.165) is 0 Å². The Morgan fingerprint density at radius 2 is 2.19 bits per heavy atom. The Labute approximate surface area is 103 Å². The van der Waals surface area contributed by atoms with E-state index in [2.05, 4.69) is 4.74 Å². The third-order valence-corrected chi connectivity index (χ3v) is 2.64. The predicted octanol–water partition coefficient (Wildman–Crippen LogP) is 3.07. The van der Waals surface area contributed by atoms with Crippen molar-refractivity contribution in [2.75, 3.05) is 7.11 Å². The summed E-state index contributed by atoms with van der Waals surface area (Å²) in [5.74, 6) is -0.710. The van der Waals surface area contributed by atoms with Gasteiger partial charge in [0, 0.05) is 0 Å². The Kier molecular flexibility index (Phi) is 4.36. The number of nitrogens with zero attached hydrogens (tertiary/aromatic N) is 1. The van der Waals surface area contributed by atoms with Crippen LogP contribution in [0.25, 0.3) is 6.08 Å². The molecule has 0 aliphatic carbocycles. The van der Waals surface area contributed by atoms with E-state index in [-0.39, 0.29) is 5.57 Å². The molecule has 0 saturated carbocycles. The normalized spacial score (nSPS) is 10.8. The molecule has 0 atom stereocenters. The van der Waals surface area contributed by atoms with Crippen LogP contribution in [0.2, 0.25) is 10.0 Å². The maximum absolute atomic E-state index is 11.2. The van der Waals surface area contributed by atoms with Crippen LogP contribution in [0.5, 0.6) is 0 Å². The van der Waals surface area contributed by atoms with E-state index in [4.69, 9.17) is 28.5 Å². The van der Waals surface area contributed by atoms with Gasteiger partial charge in [0.2, 0.25) is 0 Å². The second kappa shape index (κ2) is 5.55. The van der Waals surface area contributed by atoms with Gasteiger partial charge in [-0.1, -0.05) is 35.3 Å². The number of nitriles is 1. The largest absolute Gasteiger partial charge is 0.465 e. The van der Waals surface area contributed by atoms with Gasteiger partial charge >= 0.3 is 5.97 Å². The van der Waals surface area contributed by atoms with E-state index < -0.39 is 5.97 Å². The summed E-state index contributed by atoms with van der Waals surface area (Å²) in [5, 5.41) is 9.41. The first-order chi connectivity index (χ1) is 7.60. The molecule has 0 bridgehead atoms. The standard InChI is InChI=1S/C11H7Cl2NO2/c1-16-11(15)8(6-14)5-7-3-2-4-9(12)10(7)13/h2-5H,1H3/b8-5+. The average Bonchev–Trinajstić information content (AvgIpc) is 2.30. The molecule has 0 aromatic heterocycles. The molecule has 82 valence electrons. The molecule has 16 heavy (non-hydrogen) atoms. The zero-order chi connectivity index (χ0) is 12.1. The van der Waals surface area contributed by atoms with Gasteiger partial charge < -0.3 is 4.74 Å². The number of rotatable bonds is 2. The number of hydrogen-bond donors (Lipinski definition) is 0. The van der Waals surface area contributed by atoms with Gasteiger partial charge in [-0.15, -0.1) is 0 Å². The molecular formula is C11H7Cl2NO2. The van der Waals surface area contributed by atoms with Crippen molar-refractivity contribution in [3.8, 4) is 6.07 Å². The highest BCUT2D eigenvalue weighted by atomic mass is 35.5.